The zero-order valence-corrected chi connectivity index (χ0v) is 16.1. The number of likely N-dealkylation sites (tertiary alicyclic amines) is 1. The van der Waals surface area contributed by atoms with E-state index in [4.69, 9.17) is 4.74 Å². The van der Waals surface area contributed by atoms with Crippen LogP contribution in [0.3, 0.4) is 0 Å². The molecule has 2 amide bonds. The van der Waals surface area contributed by atoms with E-state index in [2.05, 4.69) is 5.32 Å². The maximum Gasteiger partial charge on any atom is 0.407 e. The highest BCUT2D eigenvalue weighted by Gasteiger charge is 2.56. The van der Waals surface area contributed by atoms with Crippen LogP contribution in [0, 0.1) is 17.7 Å². The van der Waals surface area contributed by atoms with Gasteiger partial charge in [-0.3, -0.25) is 4.79 Å². The number of fused-ring (bicyclic) bond motifs is 2. The number of hydrogen-bond donors (Lipinski definition) is 2. The third-order valence-electron chi connectivity index (χ3n) is 6.94. The largest absolute Gasteiger partial charge is 0.442 e. The maximum absolute atomic E-state index is 13.5. The van der Waals surface area contributed by atoms with E-state index in [1.54, 1.807) is 17.0 Å². The summed E-state index contributed by atoms with van der Waals surface area (Å²) in [6, 6.07) is 6.53. The molecule has 1 heterocycles. The van der Waals surface area contributed by atoms with Crippen LogP contribution < -0.4 is 5.32 Å². The van der Waals surface area contributed by atoms with Gasteiger partial charge in [0.1, 0.15) is 11.9 Å². The minimum absolute atomic E-state index is 0.0365. The van der Waals surface area contributed by atoms with Crippen molar-refractivity contribution >= 4 is 12.0 Å². The van der Waals surface area contributed by atoms with Gasteiger partial charge in [0, 0.05) is 18.9 Å². The van der Waals surface area contributed by atoms with E-state index >= 15 is 0 Å². The zero-order chi connectivity index (χ0) is 19.9. The van der Waals surface area contributed by atoms with Gasteiger partial charge in [-0.05, 0) is 55.2 Å². The second-order valence-electron chi connectivity index (χ2n) is 8.40. The van der Waals surface area contributed by atoms with Crippen LogP contribution in [0.15, 0.2) is 24.3 Å². The summed E-state index contributed by atoms with van der Waals surface area (Å²) >= 11 is 0. The average Bonchev–Trinajstić information content (AvgIpc) is 2.83. The lowest BCUT2D eigenvalue weighted by atomic mass is 9.59. The smallest absolute Gasteiger partial charge is 0.407 e. The lowest BCUT2D eigenvalue weighted by molar-refractivity contribution is -0.144. The molecule has 2 saturated carbocycles. The van der Waals surface area contributed by atoms with Crippen molar-refractivity contribution in [1.82, 2.24) is 10.2 Å². The Kier molecular flexibility index (Phi) is 5.04. The number of halogens is 1. The van der Waals surface area contributed by atoms with Gasteiger partial charge < -0.3 is 20.1 Å². The van der Waals surface area contributed by atoms with Crippen LogP contribution in [-0.4, -0.2) is 54.4 Å². The first-order chi connectivity index (χ1) is 13.4. The topological polar surface area (TPSA) is 78.9 Å². The molecule has 6 nitrogen and oxygen atoms in total. The minimum Gasteiger partial charge on any atom is -0.442 e. The molecule has 28 heavy (non-hydrogen) atoms. The van der Waals surface area contributed by atoms with E-state index in [1.165, 1.54) is 19.2 Å². The van der Waals surface area contributed by atoms with Gasteiger partial charge in [0.2, 0.25) is 5.91 Å². The maximum atomic E-state index is 13.5. The lowest BCUT2D eigenvalue weighted by Crippen LogP contribution is -2.58. The monoisotopic (exact) mass is 390 g/mol. The molecule has 1 aromatic rings. The highest BCUT2D eigenvalue weighted by molar-refractivity contribution is 5.79. The highest BCUT2D eigenvalue weighted by Crippen LogP contribution is 2.58. The SMILES string of the molecule is CNC(=O)OC1CN(C(=O)CC2(c3ccc(F)cc3)C3CCC2CC(O)C3)C1. The van der Waals surface area contributed by atoms with Gasteiger partial charge >= 0.3 is 6.09 Å². The van der Waals surface area contributed by atoms with Crippen LogP contribution in [-0.2, 0) is 14.9 Å². The van der Waals surface area contributed by atoms with Crippen molar-refractivity contribution in [3.8, 4) is 0 Å². The standard InChI is InChI=1S/C21H27FN2O4/c1-23-20(27)28-18-11-24(12-18)19(26)10-21(13-4-6-16(22)7-5-13)14-2-3-15(21)9-17(25)8-14/h4-7,14-15,17-18,25H,2-3,8-12H2,1H3,(H,23,27). The molecule has 0 radical (unpaired) electrons. The zero-order valence-electron chi connectivity index (χ0n) is 16.1. The second kappa shape index (κ2) is 7.35. The summed E-state index contributed by atoms with van der Waals surface area (Å²) in [6.45, 7) is 0.813. The van der Waals surface area contributed by atoms with E-state index in [9.17, 15) is 19.1 Å². The Bertz CT molecular complexity index is 733. The number of nitrogens with zero attached hydrogens (tertiary/aromatic N) is 1. The molecule has 2 atom stereocenters. The number of rotatable bonds is 4. The number of benzene rings is 1. The number of amides is 2. The molecular formula is C21H27FN2O4. The van der Waals surface area contributed by atoms with Crippen LogP contribution in [0.2, 0.25) is 0 Å². The number of ether oxygens (including phenoxy) is 1. The predicted octanol–water partition coefficient (Wildman–Crippen LogP) is 2.20. The molecule has 0 aromatic heterocycles. The fourth-order valence-electron chi connectivity index (χ4n) is 5.57. The summed E-state index contributed by atoms with van der Waals surface area (Å²) < 4.78 is 18.7. The second-order valence-corrected chi connectivity index (χ2v) is 8.40. The summed E-state index contributed by atoms with van der Waals surface area (Å²) in [4.78, 5) is 26.1. The average molecular weight is 390 g/mol. The van der Waals surface area contributed by atoms with E-state index in [-0.39, 0.29) is 41.2 Å². The molecule has 2 unspecified atom stereocenters. The molecule has 3 aliphatic rings. The number of carbonyl (C=O) groups excluding carboxylic acids is 2. The number of carbonyl (C=O) groups is 2. The van der Waals surface area contributed by atoms with Crippen LogP contribution >= 0.6 is 0 Å². The Hall–Kier alpha value is -2.15. The summed E-state index contributed by atoms with van der Waals surface area (Å²) in [5.74, 6) is 0.185. The highest BCUT2D eigenvalue weighted by atomic mass is 19.1. The van der Waals surface area contributed by atoms with Gasteiger partial charge in [-0.25, -0.2) is 9.18 Å². The van der Waals surface area contributed by atoms with Crippen molar-refractivity contribution in [3.05, 3.63) is 35.6 Å². The molecule has 2 N–H and O–H groups in total. The van der Waals surface area contributed by atoms with Crippen molar-refractivity contribution in [3.63, 3.8) is 0 Å². The Balaban J connectivity index is 1.52. The predicted molar refractivity (Wildman–Crippen MR) is 100 cm³/mol. The third-order valence-corrected chi connectivity index (χ3v) is 6.94. The molecular weight excluding hydrogens is 363 g/mol. The van der Waals surface area contributed by atoms with E-state index < -0.39 is 6.09 Å². The molecule has 3 fully saturated rings. The molecule has 1 saturated heterocycles. The van der Waals surface area contributed by atoms with E-state index in [0.717, 1.165) is 18.4 Å². The molecule has 2 aliphatic carbocycles. The van der Waals surface area contributed by atoms with Crippen molar-refractivity contribution in [2.45, 2.75) is 49.7 Å². The van der Waals surface area contributed by atoms with Crippen LogP contribution in [0.1, 0.15) is 37.7 Å². The summed E-state index contributed by atoms with van der Waals surface area (Å²) in [7, 11) is 1.50. The van der Waals surface area contributed by atoms with Gasteiger partial charge in [0.05, 0.1) is 19.2 Å². The number of aliphatic hydroxyl groups excluding tert-OH is 1. The molecule has 2 bridgehead atoms. The Morgan fingerprint density at radius 3 is 2.39 bits per heavy atom. The van der Waals surface area contributed by atoms with E-state index in [1.807, 2.05) is 0 Å². The molecule has 7 heteroatoms. The van der Waals surface area contributed by atoms with Crippen molar-refractivity contribution < 1.29 is 23.8 Å². The molecule has 0 spiro atoms. The first kappa shape index (κ1) is 19.2. The molecule has 4 rings (SSSR count). The Morgan fingerprint density at radius 2 is 1.82 bits per heavy atom. The quantitative estimate of drug-likeness (QED) is 0.826. The number of alkyl carbamates (subject to hydrolysis) is 1. The Morgan fingerprint density at radius 1 is 1.21 bits per heavy atom. The lowest BCUT2D eigenvalue weighted by Gasteiger charge is -2.48. The summed E-state index contributed by atoms with van der Waals surface area (Å²) in [6.07, 6.45) is 2.61. The fourth-order valence-corrected chi connectivity index (χ4v) is 5.57. The number of nitrogens with one attached hydrogen (secondary N) is 1. The van der Waals surface area contributed by atoms with Crippen molar-refractivity contribution in [2.24, 2.45) is 11.8 Å². The Labute approximate surface area is 164 Å². The molecule has 152 valence electrons. The normalized spacial score (nSPS) is 32.0. The van der Waals surface area contributed by atoms with Gasteiger partial charge in [-0.15, -0.1) is 0 Å². The van der Waals surface area contributed by atoms with Crippen LogP contribution in [0.5, 0.6) is 0 Å². The fraction of sp³-hybridized carbons (Fsp3) is 0.619. The van der Waals surface area contributed by atoms with Gasteiger partial charge in [-0.2, -0.15) is 0 Å². The first-order valence-electron chi connectivity index (χ1n) is 10.0. The summed E-state index contributed by atoms with van der Waals surface area (Å²) in [5.41, 5.74) is 0.650. The number of aliphatic hydroxyl groups is 1. The van der Waals surface area contributed by atoms with E-state index in [0.29, 0.717) is 32.4 Å². The van der Waals surface area contributed by atoms with Gasteiger partial charge in [-0.1, -0.05) is 12.1 Å². The van der Waals surface area contributed by atoms with Gasteiger partial charge in [0.15, 0.2) is 0 Å². The van der Waals surface area contributed by atoms with Crippen LogP contribution in [0.25, 0.3) is 0 Å². The number of hydrogen-bond acceptors (Lipinski definition) is 4. The van der Waals surface area contributed by atoms with Gasteiger partial charge in [0.25, 0.3) is 0 Å². The van der Waals surface area contributed by atoms with Crippen molar-refractivity contribution in [2.75, 3.05) is 20.1 Å². The summed E-state index contributed by atoms with van der Waals surface area (Å²) in [5, 5.41) is 12.7. The molecule has 1 aliphatic heterocycles. The van der Waals surface area contributed by atoms with Crippen molar-refractivity contribution in [1.29, 1.82) is 0 Å². The van der Waals surface area contributed by atoms with Crippen LogP contribution in [0.4, 0.5) is 9.18 Å². The first-order valence-corrected chi connectivity index (χ1v) is 10.0. The molecule has 1 aromatic carbocycles. The third kappa shape index (κ3) is 3.26. The minimum atomic E-state index is -0.487.